The van der Waals surface area contributed by atoms with Crippen molar-refractivity contribution in [2.45, 2.75) is 18.6 Å². The SMILES string of the molecule is CO[C@H]1Cc2ccccc2[C@@H]1N.Cl. The Morgan fingerprint density at radius 2 is 2.08 bits per heavy atom. The molecule has 2 atom stereocenters. The monoisotopic (exact) mass is 199 g/mol. The second-order valence-corrected chi connectivity index (χ2v) is 3.20. The van der Waals surface area contributed by atoms with Gasteiger partial charge in [0.05, 0.1) is 12.1 Å². The van der Waals surface area contributed by atoms with E-state index in [4.69, 9.17) is 10.5 Å². The molecule has 2 N–H and O–H groups in total. The zero-order valence-electron chi connectivity index (χ0n) is 7.57. The van der Waals surface area contributed by atoms with Crippen molar-refractivity contribution in [3.8, 4) is 0 Å². The van der Waals surface area contributed by atoms with Gasteiger partial charge < -0.3 is 10.5 Å². The molecule has 0 saturated heterocycles. The van der Waals surface area contributed by atoms with E-state index in [2.05, 4.69) is 12.1 Å². The maximum atomic E-state index is 5.98. The predicted molar refractivity (Wildman–Crippen MR) is 55.1 cm³/mol. The quantitative estimate of drug-likeness (QED) is 0.747. The van der Waals surface area contributed by atoms with Crippen LogP contribution < -0.4 is 5.73 Å². The van der Waals surface area contributed by atoms with Gasteiger partial charge in [-0.3, -0.25) is 0 Å². The number of ether oxygens (including phenoxy) is 1. The maximum Gasteiger partial charge on any atom is 0.0804 e. The number of hydrogen-bond donors (Lipinski definition) is 1. The van der Waals surface area contributed by atoms with E-state index in [0.29, 0.717) is 0 Å². The molecular weight excluding hydrogens is 186 g/mol. The van der Waals surface area contributed by atoms with Crippen molar-refractivity contribution >= 4 is 12.4 Å². The van der Waals surface area contributed by atoms with Crippen LogP contribution in [-0.2, 0) is 11.2 Å². The van der Waals surface area contributed by atoms with Gasteiger partial charge in [0, 0.05) is 13.5 Å². The first-order chi connectivity index (χ1) is 5.83. The molecule has 0 saturated carbocycles. The summed E-state index contributed by atoms with van der Waals surface area (Å²) in [7, 11) is 1.72. The van der Waals surface area contributed by atoms with Gasteiger partial charge in [0.25, 0.3) is 0 Å². The summed E-state index contributed by atoms with van der Waals surface area (Å²) in [6, 6.07) is 8.33. The lowest BCUT2D eigenvalue weighted by Gasteiger charge is -2.13. The molecule has 0 unspecified atom stereocenters. The molecule has 1 aromatic carbocycles. The van der Waals surface area contributed by atoms with Gasteiger partial charge in [-0.1, -0.05) is 24.3 Å². The molecule has 1 aromatic rings. The molecule has 0 aliphatic heterocycles. The molecule has 0 amide bonds. The van der Waals surface area contributed by atoms with Crippen molar-refractivity contribution in [3.63, 3.8) is 0 Å². The first kappa shape index (κ1) is 10.5. The highest BCUT2D eigenvalue weighted by molar-refractivity contribution is 5.85. The molecule has 3 heteroatoms. The van der Waals surface area contributed by atoms with Gasteiger partial charge in [-0.05, 0) is 11.1 Å². The van der Waals surface area contributed by atoms with E-state index in [1.165, 1.54) is 11.1 Å². The normalized spacial score (nSPS) is 25.1. The van der Waals surface area contributed by atoms with E-state index < -0.39 is 0 Å². The van der Waals surface area contributed by atoms with Crippen LogP contribution in [0.2, 0.25) is 0 Å². The fourth-order valence-corrected chi connectivity index (χ4v) is 1.82. The summed E-state index contributed by atoms with van der Waals surface area (Å²) in [6.45, 7) is 0. The number of nitrogens with two attached hydrogens (primary N) is 1. The van der Waals surface area contributed by atoms with Gasteiger partial charge in [0.2, 0.25) is 0 Å². The van der Waals surface area contributed by atoms with Crippen LogP contribution in [0.25, 0.3) is 0 Å². The van der Waals surface area contributed by atoms with Gasteiger partial charge in [-0.2, -0.15) is 0 Å². The number of methoxy groups -OCH3 is 1. The van der Waals surface area contributed by atoms with Gasteiger partial charge in [-0.15, -0.1) is 12.4 Å². The van der Waals surface area contributed by atoms with Gasteiger partial charge in [0.1, 0.15) is 0 Å². The highest BCUT2D eigenvalue weighted by atomic mass is 35.5. The number of rotatable bonds is 1. The molecule has 0 aromatic heterocycles. The van der Waals surface area contributed by atoms with Crippen LogP contribution in [0.4, 0.5) is 0 Å². The third kappa shape index (κ3) is 1.70. The van der Waals surface area contributed by atoms with Crippen LogP contribution in [0.15, 0.2) is 24.3 Å². The Bertz CT molecular complexity index is 290. The largest absolute Gasteiger partial charge is 0.379 e. The summed E-state index contributed by atoms with van der Waals surface area (Å²) in [5, 5.41) is 0. The smallest absolute Gasteiger partial charge is 0.0804 e. The fourth-order valence-electron chi connectivity index (χ4n) is 1.82. The molecule has 0 fully saturated rings. The molecular formula is C10H14ClNO. The Hall–Kier alpha value is -0.570. The minimum atomic E-state index is 0. The van der Waals surface area contributed by atoms with Crippen LogP contribution in [0.3, 0.4) is 0 Å². The lowest BCUT2D eigenvalue weighted by atomic mass is 10.1. The number of halogens is 1. The molecule has 0 spiro atoms. The highest BCUT2D eigenvalue weighted by Crippen LogP contribution is 2.30. The molecule has 0 radical (unpaired) electrons. The molecule has 0 heterocycles. The van der Waals surface area contributed by atoms with Crippen LogP contribution in [0.1, 0.15) is 17.2 Å². The predicted octanol–water partition coefficient (Wildman–Crippen LogP) is 1.68. The second-order valence-electron chi connectivity index (χ2n) is 3.20. The van der Waals surface area contributed by atoms with Crippen molar-refractivity contribution in [1.29, 1.82) is 0 Å². The van der Waals surface area contributed by atoms with Crippen LogP contribution in [-0.4, -0.2) is 13.2 Å². The van der Waals surface area contributed by atoms with Gasteiger partial charge >= 0.3 is 0 Å². The Morgan fingerprint density at radius 1 is 1.38 bits per heavy atom. The number of hydrogen-bond acceptors (Lipinski definition) is 2. The zero-order chi connectivity index (χ0) is 8.55. The van der Waals surface area contributed by atoms with E-state index in [1.54, 1.807) is 7.11 Å². The maximum absolute atomic E-state index is 5.98. The number of fused-ring (bicyclic) bond motifs is 1. The van der Waals surface area contributed by atoms with Crippen molar-refractivity contribution in [3.05, 3.63) is 35.4 Å². The Morgan fingerprint density at radius 3 is 2.69 bits per heavy atom. The second kappa shape index (κ2) is 4.09. The zero-order valence-corrected chi connectivity index (χ0v) is 8.38. The van der Waals surface area contributed by atoms with E-state index in [9.17, 15) is 0 Å². The van der Waals surface area contributed by atoms with Gasteiger partial charge in [0.15, 0.2) is 0 Å². The van der Waals surface area contributed by atoms with Crippen molar-refractivity contribution in [2.24, 2.45) is 5.73 Å². The van der Waals surface area contributed by atoms with E-state index in [1.807, 2.05) is 12.1 Å². The average Bonchev–Trinajstić information content (AvgIpc) is 2.44. The minimum Gasteiger partial charge on any atom is -0.379 e. The lowest BCUT2D eigenvalue weighted by molar-refractivity contribution is 0.0907. The fraction of sp³-hybridized carbons (Fsp3) is 0.400. The molecule has 2 nitrogen and oxygen atoms in total. The molecule has 1 aliphatic carbocycles. The van der Waals surface area contributed by atoms with Gasteiger partial charge in [-0.25, -0.2) is 0 Å². The summed E-state index contributed by atoms with van der Waals surface area (Å²) in [5.41, 5.74) is 8.55. The summed E-state index contributed by atoms with van der Waals surface area (Å²) < 4.78 is 5.28. The highest BCUT2D eigenvalue weighted by Gasteiger charge is 2.28. The Labute approximate surface area is 84.5 Å². The average molecular weight is 200 g/mol. The van der Waals surface area contributed by atoms with E-state index >= 15 is 0 Å². The lowest BCUT2D eigenvalue weighted by Crippen LogP contribution is -2.23. The van der Waals surface area contributed by atoms with Crippen LogP contribution >= 0.6 is 12.4 Å². The Balaban J connectivity index is 0.000000845. The summed E-state index contributed by atoms with van der Waals surface area (Å²) in [4.78, 5) is 0. The third-order valence-corrected chi connectivity index (χ3v) is 2.54. The third-order valence-electron chi connectivity index (χ3n) is 2.54. The summed E-state index contributed by atoms with van der Waals surface area (Å²) in [6.07, 6.45) is 1.12. The molecule has 2 rings (SSSR count). The summed E-state index contributed by atoms with van der Waals surface area (Å²) in [5.74, 6) is 0. The molecule has 0 bridgehead atoms. The molecule has 1 aliphatic rings. The molecule has 13 heavy (non-hydrogen) atoms. The van der Waals surface area contributed by atoms with E-state index in [0.717, 1.165) is 6.42 Å². The van der Waals surface area contributed by atoms with Crippen molar-refractivity contribution in [2.75, 3.05) is 7.11 Å². The van der Waals surface area contributed by atoms with E-state index in [-0.39, 0.29) is 24.6 Å². The standard InChI is InChI=1S/C10H13NO.ClH/c1-12-9-6-7-4-2-3-5-8(7)10(9)11;/h2-5,9-10H,6,11H2,1H3;1H/t9-,10-;/m0./s1. The van der Waals surface area contributed by atoms with Crippen LogP contribution in [0, 0.1) is 0 Å². The molecule has 72 valence electrons. The first-order valence-corrected chi connectivity index (χ1v) is 4.19. The van der Waals surface area contributed by atoms with Crippen LogP contribution in [0.5, 0.6) is 0 Å². The Kier molecular flexibility index (Phi) is 3.31. The van der Waals surface area contributed by atoms with Crippen molar-refractivity contribution < 1.29 is 4.74 Å². The topological polar surface area (TPSA) is 35.2 Å². The number of benzene rings is 1. The van der Waals surface area contributed by atoms with Crippen molar-refractivity contribution in [1.82, 2.24) is 0 Å². The summed E-state index contributed by atoms with van der Waals surface area (Å²) >= 11 is 0. The first-order valence-electron chi connectivity index (χ1n) is 4.19. The minimum absolute atomic E-state index is 0.